The van der Waals surface area contributed by atoms with Crippen LogP contribution < -0.4 is 4.74 Å². The summed E-state index contributed by atoms with van der Waals surface area (Å²) in [5.41, 5.74) is 1.18. The standard InChI is InChI=1S/C19H13F3O5/c20-19(21,22)17-16(27-18(24)25)10-13-9-12(6-7-15(13)26-17)14(23)8-11-4-2-1-3-5-11/h1-7,9-10,17H,8H2,(H,24,25). The molecule has 1 aliphatic rings. The first kappa shape index (κ1) is 18.5. The highest BCUT2D eigenvalue weighted by molar-refractivity contribution is 5.98. The van der Waals surface area contributed by atoms with Crippen LogP contribution in [-0.4, -0.2) is 29.3 Å². The van der Waals surface area contributed by atoms with Crippen molar-refractivity contribution < 1.29 is 37.3 Å². The predicted molar refractivity (Wildman–Crippen MR) is 88.5 cm³/mol. The molecule has 0 amide bonds. The van der Waals surface area contributed by atoms with Crippen LogP contribution in [0.15, 0.2) is 54.3 Å². The lowest BCUT2D eigenvalue weighted by Crippen LogP contribution is -2.39. The van der Waals surface area contributed by atoms with Crippen LogP contribution in [0, 0.1) is 0 Å². The summed E-state index contributed by atoms with van der Waals surface area (Å²) >= 11 is 0. The average molecular weight is 378 g/mol. The maximum absolute atomic E-state index is 13.1. The Bertz CT molecular complexity index is 903. The number of hydrogen-bond donors (Lipinski definition) is 1. The molecule has 0 bridgehead atoms. The fraction of sp³-hybridized carbons (Fsp3) is 0.158. The topological polar surface area (TPSA) is 72.8 Å². The number of carbonyl (C=O) groups excluding carboxylic acids is 1. The number of Topliss-reactive ketones (excluding diaryl/α,β-unsaturated/α-hetero) is 1. The Hall–Kier alpha value is -3.29. The molecule has 1 N–H and O–H groups in total. The second-order valence-electron chi connectivity index (χ2n) is 5.79. The van der Waals surface area contributed by atoms with Crippen molar-refractivity contribution in [3.05, 3.63) is 71.0 Å². The van der Waals surface area contributed by atoms with Gasteiger partial charge in [-0.1, -0.05) is 30.3 Å². The van der Waals surface area contributed by atoms with Gasteiger partial charge in [-0.05, 0) is 29.8 Å². The number of carbonyl (C=O) groups is 2. The summed E-state index contributed by atoms with van der Waals surface area (Å²) < 4.78 is 48.4. The summed E-state index contributed by atoms with van der Waals surface area (Å²) in [6, 6.07) is 12.9. The number of ether oxygens (including phenoxy) is 2. The molecule has 0 aromatic heterocycles. The largest absolute Gasteiger partial charge is 0.511 e. The fourth-order valence-corrected chi connectivity index (χ4v) is 2.65. The monoisotopic (exact) mass is 378 g/mol. The Morgan fingerprint density at radius 3 is 2.44 bits per heavy atom. The molecule has 27 heavy (non-hydrogen) atoms. The van der Waals surface area contributed by atoms with E-state index < -0.39 is 24.2 Å². The molecular formula is C19H13F3O5. The minimum atomic E-state index is -4.86. The van der Waals surface area contributed by atoms with E-state index in [1.54, 1.807) is 24.3 Å². The Morgan fingerprint density at radius 1 is 1.11 bits per heavy atom. The molecule has 5 nitrogen and oxygen atoms in total. The summed E-state index contributed by atoms with van der Waals surface area (Å²) in [5, 5.41) is 8.66. The molecule has 1 heterocycles. The SMILES string of the molecule is O=C(O)OC1=Cc2cc(C(=O)Cc3ccccc3)ccc2OC1C(F)(F)F. The summed E-state index contributed by atoms with van der Waals surface area (Å²) in [6.07, 6.45) is -8.25. The lowest BCUT2D eigenvalue weighted by molar-refractivity contribution is -0.191. The first-order chi connectivity index (χ1) is 12.7. The Morgan fingerprint density at radius 2 is 1.81 bits per heavy atom. The van der Waals surface area contributed by atoms with Gasteiger partial charge in [0.1, 0.15) is 5.75 Å². The van der Waals surface area contributed by atoms with E-state index in [9.17, 15) is 22.8 Å². The molecule has 2 aromatic rings. The van der Waals surface area contributed by atoms with E-state index in [1.165, 1.54) is 18.2 Å². The van der Waals surface area contributed by atoms with E-state index in [1.807, 2.05) is 6.07 Å². The number of alkyl halides is 3. The summed E-state index contributed by atoms with van der Waals surface area (Å²) in [7, 11) is 0. The van der Waals surface area contributed by atoms with Crippen molar-refractivity contribution in [2.45, 2.75) is 18.7 Å². The van der Waals surface area contributed by atoms with Crippen molar-refractivity contribution in [1.29, 1.82) is 0 Å². The average Bonchev–Trinajstić information content (AvgIpc) is 2.60. The molecule has 2 aromatic carbocycles. The van der Waals surface area contributed by atoms with Gasteiger partial charge < -0.3 is 14.6 Å². The number of benzene rings is 2. The third-order valence-electron chi connectivity index (χ3n) is 3.84. The molecule has 0 spiro atoms. The van der Waals surface area contributed by atoms with Crippen molar-refractivity contribution in [3.63, 3.8) is 0 Å². The van der Waals surface area contributed by atoms with Crippen LogP contribution in [0.1, 0.15) is 21.5 Å². The smallest absolute Gasteiger partial charge is 0.472 e. The fourth-order valence-electron chi connectivity index (χ4n) is 2.65. The molecule has 0 saturated heterocycles. The summed E-state index contributed by atoms with van der Waals surface area (Å²) in [4.78, 5) is 23.1. The zero-order chi connectivity index (χ0) is 19.6. The van der Waals surface area contributed by atoms with Gasteiger partial charge >= 0.3 is 12.3 Å². The van der Waals surface area contributed by atoms with Crippen LogP contribution in [-0.2, 0) is 11.2 Å². The Labute approximate surface area is 151 Å². The molecule has 1 aliphatic heterocycles. The van der Waals surface area contributed by atoms with Gasteiger partial charge in [-0.2, -0.15) is 13.2 Å². The van der Waals surface area contributed by atoms with Crippen LogP contribution in [0.2, 0.25) is 0 Å². The van der Waals surface area contributed by atoms with E-state index in [0.29, 0.717) is 0 Å². The van der Waals surface area contributed by atoms with E-state index >= 15 is 0 Å². The molecule has 0 radical (unpaired) electrons. The number of fused-ring (bicyclic) bond motifs is 1. The molecule has 0 saturated carbocycles. The van der Waals surface area contributed by atoms with Crippen LogP contribution in [0.5, 0.6) is 5.75 Å². The van der Waals surface area contributed by atoms with Crippen LogP contribution >= 0.6 is 0 Å². The van der Waals surface area contributed by atoms with Gasteiger partial charge in [-0.15, -0.1) is 0 Å². The molecule has 3 rings (SSSR count). The van der Waals surface area contributed by atoms with E-state index in [-0.39, 0.29) is 29.1 Å². The van der Waals surface area contributed by atoms with Crippen molar-refractivity contribution in [2.24, 2.45) is 0 Å². The number of rotatable bonds is 4. The van der Waals surface area contributed by atoms with Gasteiger partial charge in [0.25, 0.3) is 6.10 Å². The minimum Gasteiger partial charge on any atom is -0.472 e. The zero-order valence-electron chi connectivity index (χ0n) is 13.7. The molecule has 0 aliphatic carbocycles. The minimum absolute atomic E-state index is 0.119. The van der Waals surface area contributed by atoms with E-state index in [4.69, 9.17) is 9.84 Å². The Balaban J connectivity index is 1.91. The second kappa shape index (κ2) is 7.14. The molecule has 0 fully saturated rings. The highest BCUT2D eigenvalue weighted by Gasteiger charge is 2.48. The van der Waals surface area contributed by atoms with Gasteiger partial charge in [-0.25, -0.2) is 4.79 Å². The van der Waals surface area contributed by atoms with Crippen molar-refractivity contribution in [1.82, 2.24) is 0 Å². The quantitative estimate of drug-likeness (QED) is 0.628. The van der Waals surface area contributed by atoms with Gasteiger partial charge in [0.2, 0.25) is 0 Å². The predicted octanol–water partition coefficient (Wildman–Crippen LogP) is 4.47. The van der Waals surface area contributed by atoms with Crippen LogP contribution in [0.25, 0.3) is 6.08 Å². The molecular weight excluding hydrogens is 365 g/mol. The van der Waals surface area contributed by atoms with Crippen molar-refractivity contribution >= 4 is 18.0 Å². The molecule has 140 valence electrons. The second-order valence-corrected chi connectivity index (χ2v) is 5.79. The van der Waals surface area contributed by atoms with Gasteiger partial charge in [0.15, 0.2) is 11.5 Å². The van der Waals surface area contributed by atoms with Crippen molar-refractivity contribution in [2.75, 3.05) is 0 Å². The maximum Gasteiger partial charge on any atom is 0.511 e. The lowest BCUT2D eigenvalue weighted by atomic mass is 9.99. The molecule has 1 unspecified atom stereocenters. The third-order valence-corrected chi connectivity index (χ3v) is 3.84. The number of carboxylic acid groups (broad SMARTS) is 1. The first-order valence-electron chi connectivity index (χ1n) is 7.81. The number of hydrogen-bond acceptors (Lipinski definition) is 4. The number of halogens is 3. The number of ketones is 1. The van der Waals surface area contributed by atoms with Crippen molar-refractivity contribution in [3.8, 4) is 5.75 Å². The normalized spacial score (nSPS) is 16.0. The third kappa shape index (κ3) is 4.28. The summed E-state index contributed by atoms with van der Waals surface area (Å²) in [6.45, 7) is 0. The van der Waals surface area contributed by atoms with Gasteiger partial charge in [0.05, 0.1) is 0 Å². The zero-order valence-corrected chi connectivity index (χ0v) is 13.7. The highest BCUT2D eigenvalue weighted by Crippen LogP contribution is 2.38. The van der Waals surface area contributed by atoms with Crippen LogP contribution in [0.3, 0.4) is 0 Å². The maximum atomic E-state index is 13.1. The van der Waals surface area contributed by atoms with E-state index in [0.717, 1.165) is 11.6 Å². The van der Waals surface area contributed by atoms with E-state index in [2.05, 4.69) is 4.74 Å². The van der Waals surface area contributed by atoms with Crippen LogP contribution in [0.4, 0.5) is 18.0 Å². The molecule has 8 heteroatoms. The highest BCUT2D eigenvalue weighted by atomic mass is 19.4. The first-order valence-corrected chi connectivity index (χ1v) is 7.81. The Kier molecular flexibility index (Phi) is 4.89. The van der Waals surface area contributed by atoms with Gasteiger partial charge in [0, 0.05) is 17.5 Å². The summed E-state index contributed by atoms with van der Waals surface area (Å²) in [5.74, 6) is -1.27. The lowest BCUT2D eigenvalue weighted by Gasteiger charge is -2.27. The molecule has 1 atom stereocenters. The van der Waals surface area contributed by atoms with Gasteiger partial charge in [-0.3, -0.25) is 4.79 Å².